The molecule has 0 radical (unpaired) electrons. The van der Waals surface area contributed by atoms with E-state index in [-0.39, 0.29) is 5.84 Å². The van der Waals surface area contributed by atoms with Crippen molar-refractivity contribution in [2.45, 2.75) is 11.5 Å². The van der Waals surface area contributed by atoms with Gasteiger partial charge in [-0.05, 0) is 36.6 Å². The molecule has 0 aliphatic rings. The van der Waals surface area contributed by atoms with Gasteiger partial charge in [0, 0.05) is 21.0 Å². The normalized spacial score (nSPS) is 10.3. The lowest BCUT2D eigenvalue weighted by molar-refractivity contribution is 0.306. The summed E-state index contributed by atoms with van der Waals surface area (Å²) >= 11 is 7.84. The van der Waals surface area contributed by atoms with Crippen LogP contribution in [0.4, 0.5) is 0 Å². The topological polar surface area (TPSA) is 59.1 Å². The van der Waals surface area contributed by atoms with Crippen LogP contribution in [-0.2, 0) is 6.61 Å². The standard InChI is InChI=1S/C15H15ClN2OS/c1-20-13-6-4-12(5-7-13)19-9-11-3-2-10(15(17)18)8-14(11)16/h2-8H,9H2,1H3,(H3,17,18). The first-order chi connectivity index (χ1) is 9.60. The Morgan fingerprint density at radius 2 is 1.95 bits per heavy atom. The summed E-state index contributed by atoms with van der Waals surface area (Å²) in [5, 5.41) is 7.92. The van der Waals surface area contributed by atoms with Gasteiger partial charge in [-0.15, -0.1) is 11.8 Å². The first-order valence-electron chi connectivity index (χ1n) is 6.00. The van der Waals surface area contributed by atoms with Gasteiger partial charge in [-0.2, -0.15) is 0 Å². The summed E-state index contributed by atoms with van der Waals surface area (Å²) in [6, 6.07) is 13.2. The zero-order chi connectivity index (χ0) is 14.5. The van der Waals surface area contributed by atoms with E-state index >= 15 is 0 Å². The minimum Gasteiger partial charge on any atom is -0.489 e. The molecule has 0 atom stereocenters. The maximum atomic E-state index is 7.36. The summed E-state index contributed by atoms with van der Waals surface area (Å²) < 4.78 is 5.69. The van der Waals surface area contributed by atoms with Crippen molar-refractivity contribution in [2.75, 3.05) is 6.26 Å². The molecule has 5 heteroatoms. The minimum atomic E-state index is 0.00650. The van der Waals surface area contributed by atoms with Gasteiger partial charge in [-0.25, -0.2) is 0 Å². The van der Waals surface area contributed by atoms with Gasteiger partial charge in [0.05, 0.1) is 0 Å². The molecule has 0 aliphatic carbocycles. The lowest BCUT2D eigenvalue weighted by Gasteiger charge is -2.09. The number of halogens is 1. The maximum Gasteiger partial charge on any atom is 0.122 e. The van der Waals surface area contributed by atoms with Crippen molar-refractivity contribution >= 4 is 29.2 Å². The first-order valence-corrected chi connectivity index (χ1v) is 7.60. The summed E-state index contributed by atoms with van der Waals surface area (Å²) in [5.41, 5.74) is 6.90. The Bertz CT molecular complexity index is 614. The molecule has 104 valence electrons. The highest BCUT2D eigenvalue weighted by atomic mass is 35.5. The Hall–Kier alpha value is -1.65. The largest absolute Gasteiger partial charge is 0.489 e. The van der Waals surface area contributed by atoms with Crippen molar-refractivity contribution < 1.29 is 4.74 Å². The number of nitrogens with one attached hydrogen (secondary N) is 1. The predicted octanol–water partition coefficient (Wildman–Crippen LogP) is 3.92. The van der Waals surface area contributed by atoms with Crippen LogP contribution in [0.1, 0.15) is 11.1 Å². The molecular weight excluding hydrogens is 292 g/mol. The number of hydrogen-bond donors (Lipinski definition) is 2. The lowest BCUT2D eigenvalue weighted by Crippen LogP contribution is -2.11. The van der Waals surface area contributed by atoms with E-state index < -0.39 is 0 Å². The van der Waals surface area contributed by atoms with Gasteiger partial charge in [0.15, 0.2) is 0 Å². The molecule has 2 aromatic carbocycles. The molecule has 2 rings (SSSR count). The van der Waals surface area contributed by atoms with Gasteiger partial charge in [0.1, 0.15) is 18.2 Å². The van der Waals surface area contributed by atoms with E-state index in [1.807, 2.05) is 36.6 Å². The number of thioether (sulfide) groups is 1. The second-order valence-electron chi connectivity index (χ2n) is 4.18. The average molecular weight is 307 g/mol. The number of ether oxygens (including phenoxy) is 1. The smallest absolute Gasteiger partial charge is 0.122 e. The highest BCUT2D eigenvalue weighted by Crippen LogP contribution is 2.22. The molecule has 0 bridgehead atoms. The van der Waals surface area contributed by atoms with Crippen molar-refractivity contribution in [3.05, 3.63) is 58.6 Å². The van der Waals surface area contributed by atoms with Crippen LogP contribution in [0, 0.1) is 5.41 Å². The molecule has 3 nitrogen and oxygen atoms in total. The van der Waals surface area contributed by atoms with Crippen LogP contribution >= 0.6 is 23.4 Å². The third-order valence-corrected chi connectivity index (χ3v) is 3.91. The van der Waals surface area contributed by atoms with Crippen LogP contribution in [0.25, 0.3) is 0 Å². The molecule has 0 amide bonds. The fourth-order valence-corrected chi connectivity index (χ4v) is 2.31. The Morgan fingerprint density at radius 1 is 1.25 bits per heavy atom. The quantitative estimate of drug-likeness (QED) is 0.500. The predicted molar refractivity (Wildman–Crippen MR) is 85.0 cm³/mol. The molecule has 2 aromatic rings. The molecule has 0 spiro atoms. The number of nitrogens with two attached hydrogens (primary N) is 1. The highest BCUT2D eigenvalue weighted by Gasteiger charge is 2.05. The van der Waals surface area contributed by atoms with E-state index in [4.69, 9.17) is 27.5 Å². The summed E-state index contributed by atoms with van der Waals surface area (Å²) in [6.07, 6.45) is 2.03. The Morgan fingerprint density at radius 3 is 2.50 bits per heavy atom. The molecule has 0 saturated heterocycles. The molecule has 0 heterocycles. The van der Waals surface area contributed by atoms with Crippen molar-refractivity contribution in [3.63, 3.8) is 0 Å². The summed E-state index contributed by atoms with van der Waals surface area (Å²) in [5.74, 6) is 0.807. The Kier molecular flexibility index (Phi) is 4.93. The van der Waals surface area contributed by atoms with Gasteiger partial charge in [0.25, 0.3) is 0 Å². The van der Waals surface area contributed by atoms with E-state index in [1.165, 1.54) is 4.90 Å². The SMILES string of the molecule is CSc1ccc(OCc2ccc(C(=N)N)cc2Cl)cc1. The number of hydrogen-bond acceptors (Lipinski definition) is 3. The number of amidine groups is 1. The van der Waals surface area contributed by atoms with Crippen LogP contribution in [0.3, 0.4) is 0 Å². The third-order valence-electron chi connectivity index (χ3n) is 2.82. The molecule has 3 N–H and O–H groups in total. The van der Waals surface area contributed by atoms with Crippen molar-refractivity contribution in [1.29, 1.82) is 5.41 Å². The second kappa shape index (κ2) is 6.68. The zero-order valence-corrected chi connectivity index (χ0v) is 12.6. The van der Waals surface area contributed by atoms with Gasteiger partial charge >= 0.3 is 0 Å². The van der Waals surface area contributed by atoms with E-state index in [0.29, 0.717) is 17.2 Å². The van der Waals surface area contributed by atoms with Crippen LogP contribution in [-0.4, -0.2) is 12.1 Å². The molecule has 0 aromatic heterocycles. The van der Waals surface area contributed by atoms with E-state index in [1.54, 1.807) is 23.9 Å². The van der Waals surface area contributed by atoms with Crippen LogP contribution in [0.5, 0.6) is 5.75 Å². The lowest BCUT2D eigenvalue weighted by atomic mass is 10.1. The number of nitrogen functional groups attached to an aromatic ring is 1. The fraction of sp³-hybridized carbons (Fsp3) is 0.133. The summed E-state index contributed by atoms with van der Waals surface area (Å²) in [6.45, 7) is 0.385. The Balaban J connectivity index is 2.04. The van der Waals surface area contributed by atoms with Gasteiger partial charge in [-0.1, -0.05) is 23.7 Å². The van der Waals surface area contributed by atoms with E-state index in [2.05, 4.69) is 0 Å². The monoisotopic (exact) mass is 306 g/mol. The van der Waals surface area contributed by atoms with E-state index in [9.17, 15) is 0 Å². The van der Waals surface area contributed by atoms with Crippen LogP contribution < -0.4 is 10.5 Å². The van der Waals surface area contributed by atoms with Gasteiger partial charge < -0.3 is 10.5 Å². The average Bonchev–Trinajstić information content (AvgIpc) is 2.46. The number of benzene rings is 2. The first kappa shape index (κ1) is 14.8. The third kappa shape index (κ3) is 3.68. The van der Waals surface area contributed by atoms with Crippen LogP contribution in [0.15, 0.2) is 47.4 Å². The van der Waals surface area contributed by atoms with Gasteiger partial charge in [0.2, 0.25) is 0 Å². The molecular formula is C15H15ClN2OS. The Labute approximate surface area is 127 Å². The van der Waals surface area contributed by atoms with Gasteiger partial charge in [-0.3, -0.25) is 5.41 Å². The summed E-state index contributed by atoms with van der Waals surface area (Å²) in [4.78, 5) is 1.20. The van der Waals surface area contributed by atoms with Crippen molar-refractivity contribution in [2.24, 2.45) is 5.73 Å². The second-order valence-corrected chi connectivity index (χ2v) is 5.47. The molecule has 0 aliphatic heterocycles. The summed E-state index contributed by atoms with van der Waals surface area (Å²) in [7, 11) is 0. The fourth-order valence-electron chi connectivity index (χ4n) is 1.66. The number of rotatable bonds is 5. The molecule has 20 heavy (non-hydrogen) atoms. The molecule has 0 fully saturated rings. The van der Waals surface area contributed by atoms with Crippen molar-refractivity contribution in [3.8, 4) is 5.75 Å². The van der Waals surface area contributed by atoms with Crippen molar-refractivity contribution in [1.82, 2.24) is 0 Å². The van der Waals surface area contributed by atoms with E-state index in [0.717, 1.165) is 11.3 Å². The zero-order valence-electron chi connectivity index (χ0n) is 11.0. The van der Waals surface area contributed by atoms with Crippen LogP contribution in [0.2, 0.25) is 5.02 Å². The molecule has 0 saturated carbocycles. The maximum absolute atomic E-state index is 7.36. The molecule has 0 unspecified atom stereocenters. The highest BCUT2D eigenvalue weighted by molar-refractivity contribution is 7.98. The minimum absolute atomic E-state index is 0.00650.